The van der Waals surface area contributed by atoms with E-state index in [4.69, 9.17) is 4.74 Å². The van der Waals surface area contributed by atoms with Crippen LogP contribution < -0.4 is 10.6 Å². The number of non-ortho nitro benzene ring substituents is 1. The highest BCUT2D eigenvalue weighted by Gasteiger charge is 2.09. The Morgan fingerprint density at radius 2 is 1.85 bits per heavy atom. The highest BCUT2D eigenvalue weighted by molar-refractivity contribution is 5.95. The average molecular weight is 371 g/mol. The number of rotatable bonds is 9. The number of amides is 1. The van der Waals surface area contributed by atoms with Crippen LogP contribution in [0.2, 0.25) is 0 Å². The lowest BCUT2D eigenvalue weighted by atomic mass is 10.2. The molecule has 142 valence electrons. The fourth-order valence-electron chi connectivity index (χ4n) is 2.20. The van der Waals surface area contributed by atoms with Crippen LogP contribution in [0, 0.1) is 10.1 Å². The number of carbonyl (C=O) groups excluding carboxylic acids is 2. The average Bonchev–Trinajstić information content (AvgIpc) is 2.67. The summed E-state index contributed by atoms with van der Waals surface area (Å²) in [5.74, 6) is -0.714. The first-order valence-corrected chi connectivity index (χ1v) is 8.55. The second kappa shape index (κ2) is 9.91. The molecule has 27 heavy (non-hydrogen) atoms. The second-order valence-electron chi connectivity index (χ2n) is 5.78. The summed E-state index contributed by atoms with van der Waals surface area (Å²) in [7, 11) is 0. The topological polar surface area (TPSA) is 111 Å². The van der Waals surface area contributed by atoms with E-state index in [1.807, 2.05) is 6.92 Å². The number of hydrogen-bond donors (Lipinski definition) is 2. The molecule has 2 N–H and O–H groups in total. The number of unbranched alkanes of at least 4 members (excludes halogenated alkanes) is 1. The van der Waals surface area contributed by atoms with Gasteiger partial charge >= 0.3 is 5.97 Å². The van der Waals surface area contributed by atoms with Crippen molar-refractivity contribution < 1.29 is 19.2 Å². The maximum absolute atomic E-state index is 12.0. The van der Waals surface area contributed by atoms with Crippen LogP contribution in [0.15, 0.2) is 48.5 Å². The number of nitrogens with one attached hydrogen (secondary N) is 2. The first-order chi connectivity index (χ1) is 13.0. The van der Waals surface area contributed by atoms with Crippen LogP contribution in [0.25, 0.3) is 0 Å². The van der Waals surface area contributed by atoms with Crippen molar-refractivity contribution in [1.82, 2.24) is 0 Å². The maximum atomic E-state index is 12.0. The van der Waals surface area contributed by atoms with Gasteiger partial charge in [0.1, 0.15) is 0 Å². The van der Waals surface area contributed by atoms with Crippen molar-refractivity contribution in [3.63, 3.8) is 0 Å². The van der Waals surface area contributed by atoms with Gasteiger partial charge in [-0.25, -0.2) is 4.79 Å². The third-order valence-corrected chi connectivity index (χ3v) is 3.65. The smallest absolute Gasteiger partial charge is 0.338 e. The Morgan fingerprint density at radius 1 is 1.11 bits per heavy atom. The molecule has 2 rings (SSSR count). The maximum Gasteiger partial charge on any atom is 0.338 e. The van der Waals surface area contributed by atoms with E-state index < -0.39 is 10.9 Å². The molecule has 2 aromatic rings. The highest BCUT2D eigenvalue weighted by Crippen LogP contribution is 2.17. The molecule has 0 spiro atoms. The van der Waals surface area contributed by atoms with Crippen molar-refractivity contribution in [1.29, 1.82) is 0 Å². The second-order valence-corrected chi connectivity index (χ2v) is 5.78. The SMILES string of the molecule is CCCCOC(=O)c1ccc(NC(=O)CNc2cccc([N+](=O)[O-])c2)cc1. The number of nitro benzene ring substituents is 1. The molecule has 0 aliphatic carbocycles. The number of nitrogens with zero attached hydrogens (tertiary/aromatic N) is 1. The zero-order chi connectivity index (χ0) is 19.6. The van der Waals surface area contributed by atoms with Gasteiger partial charge in [0.2, 0.25) is 5.91 Å². The summed E-state index contributed by atoms with van der Waals surface area (Å²) in [6, 6.07) is 12.3. The first-order valence-electron chi connectivity index (χ1n) is 8.55. The lowest BCUT2D eigenvalue weighted by Gasteiger charge is -2.09. The van der Waals surface area contributed by atoms with Gasteiger partial charge in [0.05, 0.1) is 23.6 Å². The number of benzene rings is 2. The van der Waals surface area contributed by atoms with Crippen molar-refractivity contribution in [2.75, 3.05) is 23.8 Å². The van der Waals surface area contributed by atoms with E-state index in [-0.39, 0.29) is 18.1 Å². The largest absolute Gasteiger partial charge is 0.462 e. The summed E-state index contributed by atoms with van der Waals surface area (Å²) in [6.45, 7) is 2.35. The van der Waals surface area contributed by atoms with Crippen molar-refractivity contribution >= 4 is 28.9 Å². The Kier molecular flexibility index (Phi) is 7.30. The van der Waals surface area contributed by atoms with Gasteiger partial charge in [-0.15, -0.1) is 0 Å². The number of anilines is 2. The highest BCUT2D eigenvalue weighted by atomic mass is 16.6. The lowest BCUT2D eigenvalue weighted by Crippen LogP contribution is -2.21. The molecule has 8 heteroatoms. The quantitative estimate of drug-likeness (QED) is 0.301. The van der Waals surface area contributed by atoms with Crippen LogP contribution >= 0.6 is 0 Å². The van der Waals surface area contributed by atoms with Crippen LogP contribution in [0.5, 0.6) is 0 Å². The van der Waals surface area contributed by atoms with Gasteiger partial charge in [0.15, 0.2) is 0 Å². The van der Waals surface area contributed by atoms with Crippen LogP contribution in [-0.4, -0.2) is 30.0 Å². The molecule has 0 saturated carbocycles. The summed E-state index contributed by atoms with van der Waals surface area (Å²) in [6.07, 6.45) is 1.76. The molecule has 1 amide bonds. The summed E-state index contributed by atoms with van der Waals surface area (Å²) >= 11 is 0. The van der Waals surface area contributed by atoms with E-state index in [1.54, 1.807) is 30.3 Å². The van der Waals surface area contributed by atoms with Gasteiger partial charge in [0.25, 0.3) is 5.69 Å². The van der Waals surface area contributed by atoms with Crippen molar-refractivity contribution in [3.8, 4) is 0 Å². The number of nitro groups is 1. The van der Waals surface area contributed by atoms with E-state index in [1.165, 1.54) is 18.2 Å². The molecule has 8 nitrogen and oxygen atoms in total. The molecule has 0 aliphatic heterocycles. The molecule has 0 heterocycles. The van der Waals surface area contributed by atoms with E-state index in [9.17, 15) is 19.7 Å². The van der Waals surface area contributed by atoms with Gasteiger partial charge < -0.3 is 15.4 Å². The van der Waals surface area contributed by atoms with E-state index in [0.29, 0.717) is 23.5 Å². The Morgan fingerprint density at radius 3 is 2.52 bits per heavy atom. The molecular formula is C19H21N3O5. The Hall–Kier alpha value is -3.42. The van der Waals surface area contributed by atoms with Gasteiger partial charge in [-0.2, -0.15) is 0 Å². The van der Waals surface area contributed by atoms with Crippen LogP contribution in [0.4, 0.5) is 17.1 Å². The van der Waals surface area contributed by atoms with Gasteiger partial charge in [-0.05, 0) is 36.8 Å². The van der Waals surface area contributed by atoms with Crippen molar-refractivity contribution in [2.45, 2.75) is 19.8 Å². The molecule has 0 aromatic heterocycles. The molecule has 0 atom stereocenters. The Bertz CT molecular complexity index is 805. The van der Waals surface area contributed by atoms with E-state index in [2.05, 4.69) is 10.6 Å². The minimum Gasteiger partial charge on any atom is -0.462 e. The molecule has 0 radical (unpaired) electrons. The number of hydrogen-bond acceptors (Lipinski definition) is 6. The summed E-state index contributed by atoms with van der Waals surface area (Å²) in [5.41, 5.74) is 1.37. The van der Waals surface area contributed by atoms with Crippen LogP contribution in [0.3, 0.4) is 0 Å². The molecular weight excluding hydrogens is 350 g/mol. The zero-order valence-corrected chi connectivity index (χ0v) is 14.9. The third kappa shape index (κ3) is 6.43. The Balaban J connectivity index is 1.84. The zero-order valence-electron chi connectivity index (χ0n) is 14.9. The molecule has 0 unspecified atom stereocenters. The minimum atomic E-state index is -0.500. The predicted octanol–water partition coefficient (Wildman–Crippen LogP) is 3.60. The lowest BCUT2D eigenvalue weighted by molar-refractivity contribution is -0.384. The number of ether oxygens (including phenoxy) is 1. The fourth-order valence-corrected chi connectivity index (χ4v) is 2.20. The molecule has 0 aliphatic rings. The number of carbonyl (C=O) groups is 2. The number of esters is 1. The van der Waals surface area contributed by atoms with Crippen LogP contribution in [0.1, 0.15) is 30.1 Å². The van der Waals surface area contributed by atoms with Gasteiger partial charge in [-0.3, -0.25) is 14.9 Å². The van der Waals surface area contributed by atoms with Crippen molar-refractivity contribution in [3.05, 3.63) is 64.2 Å². The van der Waals surface area contributed by atoms with E-state index >= 15 is 0 Å². The molecule has 0 saturated heterocycles. The summed E-state index contributed by atoms with van der Waals surface area (Å²) in [4.78, 5) is 34.1. The minimum absolute atomic E-state index is 0.0536. The standard InChI is InChI=1S/C19H21N3O5/c1-2-3-11-27-19(24)14-7-9-15(10-8-14)21-18(23)13-20-16-5-4-6-17(12-16)22(25)26/h4-10,12,20H,2-3,11,13H2,1H3,(H,21,23). The summed E-state index contributed by atoms with van der Waals surface area (Å²) < 4.78 is 5.12. The predicted molar refractivity (Wildman–Crippen MR) is 102 cm³/mol. The molecule has 2 aromatic carbocycles. The Labute approximate surface area is 156 Å². The fraction of sp³-hybridized carbons (Fsp3) is 0.263. The summed E-state index contributed by atoms with van der Waals surface area (Å²) in [5, 5.41) is 16.3. The van der Waals surface area contributed by atoms with E-state index in [0.717, 1.165) is 12.8 Å². The van der Waals surface area contributed by atoms with Crippen molar-refractivity contribution in [2.24, 2.45) is 0 Å². The third-order valence-electron chi connectivity index (χ3n) is 3.65. The normalized spacial score (nSPS) is 10.1. The van der Waals surface area contributed by atoms with Gasteiger partial charge in [0, 0.05) is 23.5 Å². The first kappa shape index (κ1) is 19.9. The van der Waals surface area contributed by atoms with Crippen LogP contribution in [-0.2, 0) is 9.53 Å². The van der Waals surface area contributed by atoms with Gasteiger partial charge in [-0.1, -0.05) is 19.4 Å². The molecule has 0 fully saturated rings. The monoisotopic (exact) mass is 371 g/mol. The molecule has 0 bridgehead atoms.